The molecule has 3 N–H and O–H groups in total. The van der Waals surface area contributed by atoms with Crippen LogP contribution < -0.4 is 16.0 Å². The SMILES string of the molecule is CC(C)(C)c1cc(NC(=O)Nc2ccc(-c3cn4c(n3)sc3nc(NCCN5CCOCC5)ncc34)cc2)no1. The number of urea groups is 1. The van der Waals surface area contributed by atoms with Crippen molar-refractivity contribution >= 4 is 50.1 Å². The molecule has 208 valence electrons. The molecule has 12 nitrogen and oxygen atoms in total. The quantitative estimate of drug-likeness (QED) is 0.259. The van der Waals surface area contributed by atoms with E-state index >= 15 is 0 Å². The van der Waals surface area contributed by atoms with Gasteiger partial charge in [0.15, 0.2) is 10.8 Å². The number of imidazole rings is 1. The maximum Gasteiger partial charge on any atom is 0.324 e. The topological polar surface area (TPSA) is 135 Å². The average molecular weight is 562 g/mol. The number of hydrogen-bond acceptors (Lipinski definition) is 10. The second-order valence-electron chi connectivity index (χ2n) is 10.6. The summed E-state index contributed by atoms with van der Waals surface area (Å²) < 4.78 is 12.7. The highest BCUT2D eigenvalue weighted by atomic mass is 32.1. The molecule has 1 aliphatic rings. The number of carbonyl (C=O) groups is 1. The van der Waals surface area contributed by atoms with Gasteiger partial charge in [-0.2, -0.15) is 0 Å². The van der Waals surface area contributed by atoms with E-state index in [4.69, 9.17) is 14.2 Å². The molecule has 1 saturated heterocycles. The summed E-state index contributed by atoms with van der Waals surface area (Å²) in [5.41, 5.74) is 3.13. The molecule has 1 aromatic carbocycles. The first kappa shape index (κ1) is 26.2. The van der Waals surface area contributed by atoms with Gasteiger partial charge in [0.1, 0.15) is 16.1 Å². The fourth-order valence-electron chi connectivity index (χ4n) is 4.36. The molecular weight excluding hydrogens is 530 g/mol. The number of morpholine rings is 1. The van der Waals surface area contributed by atoms with Crippen molar-refractivity contribution < 1.29 is 14.1 Å². The minimum Gasteiger partial charge on any atom is -0.379 e. The van der Waals surface area contributed by atoms with Crippen LogP contribution in [0.2, 0.25) is 0 Å². The Bertz CT molecular complexity index is 1630. The number of hydrogen-bond donors (Lipinski definition) is 3. The van der Waals surface area contributed by atoms with Crippen LogP contribution in [-0.4, -0.2) is 74.8 Å². The van der Waals surface area contributed by atoms with E-state index in [1.807, 2.05) is 61.8 Å². The minimum atomic E-state index is -0.398. The van der Waals surface area contributed by atoms with Gasteiger partial charge < -0.3 is 19.9 Å². The molecule has 40 heavy (non-hydrogen) atoms. The molecule has 0 unspecified atom stereocenters. The van der Waals surface area contributed by atoms with Gasteiger partial charge >= 0.3 is 6.03 Å². The summed E-state index contributed by atoms with van der Waals surface area (Å²) in [6.07, 6.45) is 3.81. The van der Waals surface area contributed by atoms with Gasteiger partial charge in [-0.1, -0.05) is 49.4 Å². The molecule has 13 heteroatoms. The molecule has 0 aliphatic carbocycles. The molecule has 5 heterocycles. The van der Waals surface area contributed by atoms with Crippen molar-refractivity contribution in [2.75, 3.05) is 55.3 Å². The predicted molar refractivity (Wildman–Crippen MR) is 155 cm³/mol. The van der Waals surface area contributed by atoms with Crippen LogP contribution in [-0.2, 0) is 10.2 Å². The summed E-state index contributed by atoms with van der Waals surface area (Å²) in [4.78, 5) is 30.5. The van der Waals surface area contributed by atoms with E-state index in [-0.39, 0.29) is 5.41 Å². The second-order valence-corrected chi connectivity index (χ2v) is 11.6. The Morgan fingerprint density at radius 3 is 2.65 bits per heavy atom. The maximum absolute atomic E-state index is 12.4. The number of amides is 2. The van der Waals surface area contributed by atoms with Gasteiger partial charge in [-0.15, -0.1) is 0 Å². The van der Waals surface area contributed by atoms with Crippen LogP contribution in [0.15, 0.2) is 47.2 Å². The lowest BCUT2D eigenvalue weighted by Gasteiger charge is -2.26. The van der Waals surface area contributed by atoms with Crippen molar-refractivity contribution in [3.8, 4) is 11.3 Å². The summed E-state index contributed by atoms with van der Waals surface area (Å²) >= 11 is 1.52. The molecule has 5 aromatic rings. The van der Waals surface area contributed by atoms with Gasteiger partial charge in [0.05, 0.1) is 25.1 Å². The van der Waals surface area contributed by atoms with Gasteiger partial charge in [-0.25, -0.2) is 19.7 Å². The highest BCUT2D eigenvalue weighted by Crippen LogP contribution is 2.29. The van der Waals surface area contributed by atoms with Crippen LogP contribution in [0.3, 0.4) is 0 Å². The molecule has 0 atom stereocenters. The molecule has 6 rings (SSSR count). The maximum atomic E-state index is 12.4. The summed E-state index contributed by atoms with van der Waals surface area (Å²) in [5, 5.41) is 12.8. The standard InChI is InChI=1S/C27H31N9O3S/c1-27(2,3)21-14-22(34-39-21)32-25(37)30-18-6-4-17(5-7-18)19-16-36-20-15-29-24(33-23(20)40-26(36)31-19)28-8-9-35-10-12-38-13-11-35/h4-7,14-16H,8-13H2,1-3H3,(H,28,29,33)(H2,30,32,34,37). The van der Waals surface area contributed by atoms with Gasteiger partial charge in [-0.05, 0) is 12.1 Å². The molecular formula is C27H31N9O3S. The van der Waals surface area contributed by atoms with Crippen LogP contribution in [0, 0.1) is 0 Å². The zero-order valence-corrected chi connectivity index (χ0v) is 23.4. The number of rotatable bonds is 7. The first-order valence-corrected chi connectivity index (χ1v) is 14.0. The van der Waals surface area contributed by atoms with E-state index in [1.54, 1.807) is 6.07 Å². The van der Waals surface area contributed by atoms with Crippen molar-refractivity contribution in [2.24, 2.45) is 0 Å². The number of carbonyl (C=O) groups excluding carboxylic acids is 1. The van der Waals surface area contributed by atoms with E-state index in [9.17, 15) is 4.79 Å². The first-order chi connectivity index (χ1) is 19.3. The third-order valence-corrected chi connectivity index (χ3v) is 7.57. The predicted octanol–water partition coefficient (Wildman–Crippen LogP) is 4.68. The van der Waals surface area contributed by atoms with E-state index in [1.165, 1.54) is 11.3 Å². The number of aromatic nitrogens is 5. The van der Waals surface area contributed by atoms with Crippen LogP contribution in [0.4, 0.5) is 22.2 Å². The van der Waals surface area contributed by atoms with Crippen LogP contribution in [0.1, 0.15) is 26.5 Å². The van der Waals surface area contributed by atoms with E-state index < -0.39 is 6.03 Å². The van der Waals surface area contributed by atoms with Crippen LogP contribution in [0.25, 0.3) is 26.6 Å². The van der Waals surface area contributed by atoms with Gasteiger partial charge in [0.25, 0.3) is 0 Å². The number of fused-ring (bicyclic) bond motifs is 3. The van der Waals surface area contributed by atoms with Crippen molar-refractivity contribution in [3.05, 3.63) is 48.5 Å². The Hall–Kier alpha value is -4.07. The first-order valence-electron chi connectivity index (χ1n) is 13.2. The Balaban J connectivity index is 1.08. The average Bonchev–Trinajstić information content (AvgIpc) is 3.64. The number of ether oxygens (including phenoxy) is 1. The smallest absolute Gasteiger partial charge is 0.324 e. The summed E-state index contributed by atoms with van der Waals surface area (Å²) in [5.74, 6) is 1.68. The van der Waals surface area contributed by atoms with Gasteiger partial charge in [0, 0.05) is 55.1 Å². The van der Waals surface area contributed by atoms with Gasteiger partial charge in [-0.3, -0.25) is 14.6 Å². The molecule has 0 bridgehead atoms. The van der Waals surface area contributed by atoms with Crippen molar-refractivity contribution in [1.82, 2.24) is 29.4 Å². The fourth-order valence-corrected chi connectivity index (χ4v) is 5.31. The number of nitrogens with zero attached hydrogens (tertiary/aromatic N) is 6. The normalized spacial score (nSPS) is 14.6. The Morgan fingerprint density at radius 2 is 1.90 bits per heavy atom. The van der Waals surface area contributed by atoms with E-state index in [0.29, 0.717) is 23.2 Å². The van der Waals surface area contributed by atoms with Gasteiger partial charge in [0.2, 0.25) is 5.95 Å². The number of thiazole rings is 1. The highest BCUT2D eigenvalue weighted by molar-refractivity contribution is 7.23. The number of anilines is 3. The third-order valence-electron chi connectivity index (χ3n) is 6.60. The summed E-state index contributed by atoms with van der Waals surface area (Å²) in [6.45, 7) is 11.3. The van der Waals surface area contributed by atoms with E-state index in [2.05, 4.69) is 36.0 Å². The molecule has 0 spiro atoms. The lowest BCUT2D eigenvalue weighted by Crippen LogP contribution is -2.39. The second kappa shape index (κ2) is 10.8. The number of benzene rings is 1. The lowest BCUT2D eigenvalue weighted by atomic mass is 9.93. The molecule has 1 fully saturated rings. The molecule has 1 aliphatic heterocycles. The fraction of sp³-hybridized carbons (Fsp3) is 0.370. The van der Waals surface area contributed by atoms with Crippen molar-refractivity contribution in [2.45, 2.75) is 26.2 Å². The van der Waals surface area contributed by atoms with Crippen molar-refractivity contribution in [3.63, 3.8) is 0 Å². The molecule has 4 aromatic heterocycles. The summed E-state index contributed by atoms with van der Waals surface area (Å²) in [7, 11) is 0. The Labute approximate surface area is 234 Å². The minimum absolute atomic E-state index is 0.191. The van der Waals surface area contributed by atoms with Crippen molar-refractivity contribution in [1.29, 1.82) is 0 Å². The Kier molecular flexibility index (Phi) is 7.09. The largest absolute Gasteiger partial charge is 0.379 e. The van der Waals surface area contributed by atoms with Crippen LogP contribution in [0.5, 0.6) is 0 Å². The van der Waals surface area contributed by atoms with E-state index in [0.717, 1.165) is 66.0 Å². The molecule has 0 radical (unpaired) electrons. The lowest BCUT2D eigenvalue weighted by molar-refractivity contribution is 0.0398. The Morgan fingerprint density at radius 1 is 1.10 bits per heavy atom. The number of nitrogens with one attached hydrogen (secondary N) is 3. The molecule has 0 saturated carbocycles. The zero-order valence-electron chi connectivity index (χ0n) is 22.6. The monoisotopic (exact) mass is 561 g/mol. The molecule has 2 amide bonds. The zero-order chi connectivity index (χ0) is 27.7. The third kappa shape index (κ3) is 5.76. The van der Waals surface area contributed by atoms with Crippen LogP contribution >= 0.6 is 11.3 Å². The summed E-state index contributed by atoms with van der Waals surface area (Å²) in [6, 6.07) is 8.84. The highest BCUT2D eigenvalue weighted by Gasteiger charge is 2.20.